The SMILES string of the molecule is CO[C@H]1CNCC1Nc1ccccc1C(N)=O. The van der Waals surface area contributed by atoms with Gasteiger partial charge in [0.1, 0.15) is 0 Å². The molecule has 0 spiro atoms. The van der Waals surface area contributed by atoms with Gasteiger partial charge >= 0.3 is 0 Å². The van der Waals surface area contributed by atoms with E-state index in [1.54, 1.807) is 19.2 Å². The second kappa shape index (κ2) is 5.16. The first-order valence-corrected chi connectivity index (χ1v) is 5.61. The van der Waals surface area contributed by atoms with Gasteiger partial charge in [0.05, 0.1) is 17.7 Å². The Morgan fingerprint density at radius 2 is 2.24 bits per heavy atom. The molecule has 0 radical (unpaired) electrons. The summed E-state index contributed by atoms with van der Waals surface area (Å²) in [5, 5.41) is 6.54. The lowest BCUT2D eigenvalue weighted by Crippen LogP contribution is -2.34. The summed E-state index contributed by atoms with van der Waals surface area (Å²) in [6.07, 6.45) is 0.107. The summed E-state index contributed by atoms with van der Waals surface area (Å²) in [7, 11) is 1.69. The number of carbonyl (C=O) groups excluding carboxylic acids is 1. The van der Waals surface area contributed by atoms with Crippen molar-refractivity contribution in [3.05, 3.63) is 29.8 Å². The number of primary amides is 1. The lowest BCUT2D eigenvalue weighted by Gasteiger charge is -2.20. The van der Waals surface area contributed by atoms with Gasteiger partial charge in [0, 0.05) is 25.9 Å². The minimum atomic E-state index is -0.423. The maximum Gasteiger partial charge on any atom is 0.250 e. The first kappa shape index (κ1) is 11.9. The number of nitrogens with one attached hydrogen (secondary N) is 2. The highest BCUT2D eigenvalue weighted by Crippen LogP contribution is 2.18. The van der Waals surface area contributed by atoms with Crippen LogP contribution in [0.15, 0.2) is 24.3 Å². The average Bonchev–Trinajstić information content (AvgIpc) is 2.77. The van der Waals surface area contributed by atoms with Gasteiger partial charge in [0.25, 0.3) is 5.91 Å². The Bertz CT molecular complexity index is 408. The van der Waals surface area contributed by atoms with Crippen molar-refractivity contribution in [2.45, 2.75) is 12.1 Å². The number of hydrogen-bond acceptors (Lipinski definition) is 4. The molecule has 4 N–H and O–H groups in total. The summed E-state index contributed by atoms with van der Waals surface area (Å²) in [6.45, 7) is 1.62. The van der Waals surface area contributed by atoms with Crippen molar-refractivity contribution in [1.29, 1.82) is 0 Å². The molecule has 2 atom stereocenters. The molecule has 1 saturated heterocycles. The van der Waals surface area contributed by atoms with Crippen LogP contribution < -0.4 is 16.4 Å². The Morgan fingerprint density at radius 1 is 1.47 bits per heavy atom. The predicted octanol–water partition coefficient (Wildman–Crippen LogP) is 0.184. The van der Waals surface area contributed by atoms with Crippen molar-refractivity contribution in [2.24, 2.45) is 5.73 Å². The van der Waals surface area contributed by atoms with E-state index in [2.05, 4.69) is 10.6 Å². The number of carbonyl (C=O) groups is 1. The number of benzene rings is 1. The summed E-state index contributed by atoms with van der Waals surface area (Å²) in [6, 6.07) is 7.39. The van der Waals surface area contributed by atoms with E-state index in [0.717, 1.165) is 18.8 Å². The topological polar surface area (TPSA) is 76.4 Å². The zero-order chi connectivity index (χ0) is 12.3. The van der Waals surface area contributed by atoms with Crippen molar-refractivity contribution in [3.8, 4) is 0 Å². The van der Waals surface area contributed by atoms with Crippen LogP contribution in [0.5, 0.6) is 0 Å². The molecule has 1 aromatic carbocycles. The van der Waals surface area contributed by atoms with Crippen LogP contribution in [-0.4, -0.2) is 38.3 Å². The van der Waals surface area contributed by atoms with E-state index in [4.69, 9.17) is 10.5 Å². The highest BCUT2D eigenvalue weighted by molar-refractivity contribution is 5.98. The van der Waals surface area contributed by atoms with Crippen molar-refractivity contribution in [2.75, 3.05) is 25.5 Å². The molecule has 1 aliphatic rings. The van der Waals surface area contributed by atoms with Crippen LogP contribution in [-0.2, 0) is 4.74 Å². The standard InChI is InChI=1S/C12H17N3O2/c1-17-11-7-14-6-10(11)15-9-5-3-2-4-8(9)12(13)16/h2-5,10-11,14-15H,6-7H2,1H3,(H2,13,16)/t10?,11-/m0/s1. The molecule has 1 amide bonds. The number of hydrogen-bond donors (Lipinski definition) is 3. The third-order valence-electron chi connectivity index (χ3n) is 2.99. The first-order valence-electron chi connectivity index (χ1n) is 5.61. The fraction of sp³-hybridized carbons (Fsp3) is 0.417. The molecule has 5 heteroatoms. The fourth-order valence-corrected chi connectivity index (χ4v) is 2.07. The number of methoxy groups -OCH3 is 1. The Morgan fingerprint density at radius 3 is 2.94 bits per heavy atom. The van der Waals surface area contributed by atoms with Gasteiger partial charge in [-0.25, -0.2) is 0 Å². The Labute approximate surface area is 100 Å². The number of para-hydroxylation sites is 1. The largest absolute Gasteiger partial charge is 0.378 e. The van der Waals surface area contributed by atoms with Crippen molar-refractivity contribution in [1.82, 2.24) is 5.32 Å². The summed E-state index contributed by atoms with van der Waals surface area (Å²) in [5.41, 5.74) is 6.60. The van der Waals surface area contributed by atoms with E-state index in [0.29, 0.717) is 5.56 Å². The van der Waals surface area contributed by atoms with Crippen molar-refractivity contribution in [3.63, 3.8) is 0 Å². The third-order valence-corrected chi connectivity index (χ3v) is 2.99. The minimum absolute atomic E-state index is 0.107. The highest BCUT2D eigenvalue weighted by atomic mass is 16.5. The first-order chi connectivity index (χ1) is 8.22. The molecule has 0 bridgehead atoms. The van der Waals surface area contributed by atoms with Gasteiger partial charge in [-0.15, -0.1) is 0 Å². The summed E-state index contributed by atoms with van der Waals surface area (Å²) in [4.78, 5) is 11.3. The molecule has 17 heavy (non-hydrogen) atoms. The van der Waals surface area contributed by atoms with E-state index in [1.807, 2.05) is 12.1 Å². The van der Waals surface area contributed by atoms with Crippen LogP contribution in [0.1, 0.15) is 10.4 Å². The van der Waals surface area contributed by atoms with Gasteiger partial charge < -0.3 is 21.1 Å². The van der Waals surface area contributed by atoms with Crippen LogP contribution in [0, 0.1) is 0 Å². The van der Waals surface area contributed by atoms with E-state index >= 15 is 0 Å². The predicted molar refractivity (Wildman–Crippen MR) is 66.0 cm³/mol. The quantitative estimate of drug-likeness (QED) is 0.696. The number of ether oxygens (including phenoxy) is 1. The second-order valence-corrected chi connectivity index (χ2v) is 4.09. The number of rotatable bonds is 4. The van der Waals surface area contributed by atoms with Gasteiger partial charge in [0.2, 0.25) is 0 Å². The van der Waals surface area contributed by atoms with Gasteiger partial charge in [0.15, 0.2) is 0 Å². The van der Waals surface area contributed by atoms with Crippen LogP contribution in [0.25, 0.3) is 0 Å². The highest BCUT2D eigenvalue weighted by Gasteiger charge is 2.27. The molecular weight excluding hydrogens is 218 g/mol. The smallest absolute Gasteiger partial charge is 0.250 e. The number of amides is 1. The van der Waals surface area contributed by atoms with E-state index in [1.165, 1.54) is 0 Å². The van der Waals surface area contributed by atoms with Gasteiger partial charge in [-0.05, 0) is 12.1 Å². The molecule has 2 rings (SSSR count). The average molecular weight is 235 g/mol. The van der Waals surface area contributed by atoms with Crippen LogP contribution in [0.3, 0.4) is 0 Å². The van der Waals surface area contributed by atoms with Crippen LogP contribution >= 0.6 is 0 Å². The fourth-order valence-electron chi connectivity index (χ4n) is 2.07. The van der Waals surface area contributed by atoms with Gasteiger partial charge in [-0.3, -0.25) is 4.79 Å². The Hall–Kier alpha value is -1.59. The zero-order valence-corrected chi connectivity index (χ0v) is 9.77. The zero-order valence-electron chi connectivity index (χ0n) is 9.77. The molecule has 5 nitrogen and oxygen atoms in total. The lowest BCUT2D eigenvalue weighted by atomic mass is 10.1. The van der Waals surface area contributed by atoms with Crippen LogP contribution in [0.4, 0.5) is 5.69 Å². The lowest BCUT2D eigenvalue weighted by molar-refractivity contribution is 0.0999. The summed E-state index contributed by atoms with van der Waals surface area (Å²) >= 11 is 0. The molecule has 0 saturated carbocycles. The Kier molecular flexibility index (Phi) is 3.61. The molecule has 92 valence electrons. The normalized spacial score (nSPS) is 23.6. The Balaban J connectivity index is 2.15. The molecular formula is C12H17N3O2. The molecule has 0 aromatic heterocycles. The minimum Gasteiger partial charge on any atom is -0.378 e. The van der Waals surface area contributed by atoms with E-state index in [9.17, 15) is 4.79 Å². The number of anilines is 1. The van der Waals surface area contributed by atoms with Crippen molar-refractivity contribution >= 4 is 11.6 Å². The van der Waals surface area contributed by atoms with Crippen LogP contribution in [0.2, 0.25) is 0 Å². The molecule has 1 fully saturated rings. The molecule has 1 heterocycles. The van der Waals surface area contributed by atoms with Gasteiger partial charge in [-0.1, -0.05) is 12.1 Å². The van der Waals surface area contributed by atoms with Crippen molar-refractivity contribution < 1.29 is 9.53 Å². The maximum absolute atomic E-state index is 11.3. The maximum atomic E-state index is 11.3. The van der Waals surface area contributed by atoms with Gasteiger partial charge in [-0.2, -0.15) is 0 Å². The van der Waals surface area contributed by atoms with E-state index < -0.39 is 5.91 Å². The molecule has 0 aliphatic carbocycles. The third kappa shape index (κ3) is 2.57. The van der Waals surface area contributed by atoms with E-state index in [-0.39, 0.29) is 12.1 Å². The summed E-state index contributed by atoms with van der Waals surface area (Å²) in [5.74, 6) is -0.423. The molecule has 1 unspecified atom stereocenters. The monoisotopic (exact) mass is 235 g/mol. The molecule has 1 aliphatic heterocycles. The number of nitrogens with two attached hydrogens (primary N) is 1. The summed E-state index contributed by atoms with van der Waals surface area (Å²) < 4.78 is 5.36. The second-order valence-electron chi connectivity index (χ2n) is 4.09. The molecule has 1 aromatic rings.